The van der Waals surface area contributed by atoms with Crippen LogP contribution in [0.4, 0.5) is 4.39 Å². The van der Waals surface area contributed by atoms with E-state index >= 15 is 0 Å². The van der Waals surface area contributed by atoms with Gasteiger partial charge in [-0.1, -0.05) is 35.5 Å². The van der Waals surface area contributed by atoms with Crippen LogP contribution in [0.5, 0.6) is 0 Å². The maximum Gasteiger partial charge on any atom is 0.312 e. The highest BCUT2D eigenvalue weighted by molar-refractivity contribution is 7.13. The topological polar surface area (TPSA) is 78.1 Å². The van der Waals surface area contributed by atoms with Crippen molar-refractivity contribution in [3.05, 3.63) is 77.3 Å². The number of ether oxygens (including phenoxy) is 1. The molecule has 140 valence electrons. The van der Waals surface area contributed by atoms with E-state index in [-0.39, 0.29) is 30.6 Å². The number of rotatable bonds is 6. The lowest BCUT2D eigenvalue weighted by atomic mass is 10.2. The van der Waals surface area contributed by atoms with Crippen molar-refractivity contribution < 1.29 is 18.4 Å². The first kappa shape index (κ1) is 18.0. The van der Waals surface area contributed by atoms with E-state index in [9.17, 15) is 9.18 Å². The molecular formula is C20H14FN3O3S. The molecule has 0 radical (unpaired) electrons. The summed E-state index contributed by atoms with van der Waals surface area (Å²) in [7, 11) is 0. The molecule has 0 saturated heterocycles. The van der Waals surface area contributed by atoms with Crippen LogP contribution in [-0.2, 0) is 22.6 Å². The molecule has 0 spiro atoms. The van der Waals surface area contributed by atoms with E-state index in [0.717, 1.165) is 10.6 Å². The molecule has 4 aromatic rings. The van der Waals surface area contributed by atoms with Gasteiger partial charge in [0, 0.05) is 16.5 Å². The summed E-state index contributed by atoms with van der Waals surface area (Å²) in [5.74, 6) is -0.318. The fraction of sp³-hybridized carbons (Fsp3) is 0.100. The Morgan fingerprint density at radius 1 is 1.04 bits per heavy atom. The quantitative estimate of drug-likeness (QED) is 0.453. The lowest BCUT2D eigenvalue weighted by molar-refractivity contribution is -0.144. The van der Waals surface area contributed by atoms with E-state index in [1.165, 1.54) is 35.6 Å². The van der Waals surface area contributed by atoms with Crippen molar-refractivity contribution in [3.8, 4) is 22.0 Å². The zero-order valence-electron chi connectivity index (χ0n) is 14.5. The van der Waals surface area contributed by atoms with Gasteiger partial charge < -0.3 is 9.26 Å². The average Bonchev–Trinajstić information content (AvgIpc) is 3.37. The van der Waals surface area contributed by atoms with Gasteiger partial charge in [0.25, 0.3) is 5.89 Å². The highest BCUT2D eigenvalue weighted by Crippen LogP contribution is 2.23. The van der Waals surface area contributed by atoms with E-state index < -0.39 is 5.97 Å². The van der Waals surface area contributed by atoms with Crippen molar-refractivity contribution in [2.24, 2.45) is 0 Å². The van der Waals surface area contributed by atoms with Crippen LogP contribution in [0.1, 0.15) is 11.5 Å². The molecule has 0 bridgehead atoms. The standard InChI is InChI=1S/C20H14FN3O3S/c21-15-8-6-13(7-9-15)19-23-17(24-27-19)11-26-18(25)10-16-12-28-20(22-16)14-4-2-1-3-5-14/h1-9,12H,10-11H2. The molecule has 0 fully saturated rings. The maximum absolute atomic E-state index is 13.0. The third-order valence-electron chi connectivity index (χ3n) is 3.82. The Bertz CT molecular complexity index is 1080. The molecule has 0 amide bonds. The van der Waals surface area contributed by atoms with Crippen LogP contribution in [0.15, 0.2) is 64.5 Å². The van der Waals surface area contributed by atoms with Crippen LogP contribution >= 0.6 is 11.3 Å². The van der Waals surface area contributed by atoms with Crippen molar-refractivity contribution >= 4 is 17.3 Å². The van der Waals surface area contributed by atoms with Crippen molar-refractivity contribution in [3.63, 3.8) is 0 Å². The molecule has 0 saturated carbocycles. The van der Waals surface area contributed by atoms with Crippen LogP contribution < -0.4 is 0 Å². The van der Waals surface area contributed by atoms with Gasteiger partial charge in [0.2, 0.25) is 5.82 Å². The molecule has 0 unspecified atom stereocenters. The van der Waals surface area contributed by atoms with Gasteiger partial charge in [-0.05, 0) is 24.3 Å². The highest BCUT2D eigenvalue weighted by atomic mass is 32.1. The zero-order valence-corrected chi connectivity index (χ0v) is 15.4. The number of hydrogen-bond acceptors (Lipinski definition) is 7. The van der Waals surface area contributed by atoms with Gasteiger partial charge in [0.05, 0.1) is 12.1 Å². The Balaban J connectivity index is 1.33. The molecule has 0 aliphatic carbocycles. The fourth-order valence-corrected chi connectivity index (χ4v) is 3.29. The number of carbonyl (C=O) groups is 1. The normalized spacial score (nSPS) is 10.8. The maximum atomic E-state index is 13.0. The SMILES string of the molecule is O=C(Cc1csc(-c2ccccc2)n1)OCc1noc(-c2ccc(F)cc2)n1. The highest BCUT2D eigenvalue weighted by Gasteiger charge is 2.13. The molecule has 2 aromatic heterocycles. The van der Waals surface area contributed by atoms with E-state index in [4.69, 9.17) is 9.26 Å². The Morgan fingerprint density at radius 2 is 1.82 bits per heavy atom. The number of nitrogens with zero attached hydrogens (tertiary/aromatic N) is 3. The van der Waals surface area contributed by atoms with Gasteiger partial charge in [-0.3, -0.25) is 4.79 Å². The van der Waals surface area contributed by atoms with E-state index in [1.54, 1.807) is 0 Å². The number of thiazole rings is 1. The van der Waals surface area contributed by atoms with Crippen LogP contribution in [0.2, 0.25) is 0 Å². The van der Waals surface area contributed by atoms with E-state index in [2.05, 4.69) is 15.1 Å². The van der Waals surface area contributed by atoms with Crippen molar-refractivity contribution in [2.45, 2.75) is 13.0 Å². The predicted octanol–water partition coefficient (Wildman–Crippen LogP) is 4.29. The summed E-state index contributed by atoms with van der Waals surface area (Å²) in [6, 6.07) is 15.4. The Labute approximate surface area is 163 Å². The predicted molar refractivity (Wildman–Crippen MR) is 101 cm³/mol. The second kappa shape index (κ2) is 8.10. The molecule has 0 aliphatic rings. The number of esters is 1. The Hall–Kier alpha value is -3.39. The van der Waals surface area contributed by atoms with Crippen molar-refractivity contribution in [2.75, 3.05) is 0 Å². The summed E-state index contributed by atoms with van der Waals surface area (Å²) < 4.78 is 23.3. The minimum Gasteiger partial charge on any atom is -0.457 e. The molecule has 0 aliphatic heterocycles. The molecule has 28 heavy (non-hydrogen) atoms. The molecule has 8 heteroatoms. The largest absolute Gasteiger partial charge is 0.457 e. The molecule has 6 nitrogen and oxygen atoms in total. The molecule has 2 aromatic carbocycles. The van der Waals surface area contributed by atoms with Gasteiger partial charge in [-0.2, -0.15) is 4.98 Å². The first-order chi connectivity index (χ1) is 13.7. The molecule has 2 heterocycles. The van der Waals surface area contributed by atoms with Crippen LogP contribution in [0, 0.1) is 5.82 Å². The molecule has 4 rings (SSSR count). The Morgan fingerprint density at radius 3 is 2.61 bits per heavy atom. The fourth-order valence-electron chi connectivity index (χ4n) is 2.47. The summed E-state index contributed by atoms with van der Waals surface area (Å²) >= 11 is 1.48. The molecule has 0 N–H and O–H groups in total. The summed E-state index contributed by atoms with van der Waals surface area (Å²) in [6.45, 7) is -0.112. The van der Waals surface area contributed by atoms with Crippen LogP contribution in [0.25, 0.3) is 22.0 Å². The first-order valence-electron chi connectivity index (χ1n) is 8.41. The monoisotopic (exact) mass is 395 g/mol. The second-order valence-corrected chi connectivity index (χ2v) is 6.73. The van der Waals surface area contributed by atoms with Crippen LogP contribution in [-0.4, -0.2) is 21.1 Å². The van der Waals surface area contributed by atoms with Gasteiger partial charge >= 0.3 is 5.97 Å². The Kier molecular flexibility index (Phi) is 5.20. The summed E-state index contributed by atoms with van der Waals surface area (Å²) in [6.07, 6.45) is 0.0615. The lowest BCUT2D eigenvalue weighted by Gasteiger charge is -2.00. The summed E-state index contributed by atoms with van der Waals surface area (Å²) in [4.78, 5) is 20.7. The van der Waals surface area contributed by atoms with Crippen molar-refractivity contribution in [1.29, 1.82) is 0 Å². The molecule has 0 atom stereocenters. The van der Waals surface area contributed by atoms with Gasteiger partial charge in [-0.25, -0.2) is 9.37 Å². The number of carbonyl (C=O) groups excluding carboxylic acids is 1. The van der Waals surface area contributed by atoms with Gasteiger partial charge in [-0.15, -0.1) is 11.3 Å². The number of hydrogen-bond donors (Lipinski definition) is 0. The zero-order chi connectivity index (χ0) is 19.3. The van der Waals surface area contributed by atoms with E-state index in [1.807, 2.05) is 35.7 Å². The lowest BCUT2D eigenvalue weighted by Crippen LogP contribution is -2.09. The summed E-state index contributed by atoms with van der Waals surface area (Å²) in [5.41, 5.74) is 2.24. The van der Waals surface area contributed by atoms with Crippen LogP contribution in [0.3, 0.4) is 0 Å². The minimum atomic E-state index is -0.432. The second-order valence-electron chi connectivity index (χ2n) is 5.87. The molecular weight excluding hydrogens is 381 g/mol. The van der Waals surface area contributed by atoms with Gasteiger partial charge in [0.1, 0.15) is 10.8 Å². The summed E-state index contributed by atoms with van der Waals surface area (Å²) in [5, 5.41) is 6.46. The average molecular weight is 395 g/mol. The number of aromatic nitrogens is 3. The third-order valence-corrected chi connectivity index (χ3v) is 4.76. The third kappa shape index (κ3) is 4.29. The van der Waals surface area contributed by atoms with E-state index in [0.29, 0.717) is 11.3 Å². The minimum absolute atomic E-state index is 0.0615. The smallest absolute Gasteiger partial charge is 0.312 e. The van der Waals surface area contributed by atoms with Gasteiger partial charge in [0.15, 0.2) is 6.61 Å². The number of halogens is 1. The number of benzene rings is 2. The first-order valence-corrected chi connectivity index (χ1v) is 9.29. The van der Waals surface area contributed by atoms with Crippen molar-refractivity contribution in [1.82, 2.24) is 15.1 Å².